The highest BCUT2D eigenvalue weighted by molar-refractivity contribution is 4.90. The van der Waals surface area contributed by atoms with Gasteiger partial charge in [-0.2, -0.15) is 0 Å². The third-order valence-electron chi connectivity index (χ3n) is 4.64. The minimum atomic E-state index is 0.415. The molecule has 3 heteroatoms. The van der Waals surface area contributed by atoms with Gasteiger partial charge in [0.1, 0.15) is 0 Å². The Hall–Kier alpha value is -0.120. The fourth-order valence-corrected chi connectivity index (χ4v) is 3.45. The zero-order valence-corrected chi connectivity index (χ0v) is 12.9. The Balaban J connectivity index is 1.81. The van der Waals surface area contributed by atoms with E-state index in [4.69, 9.17) is 4.74 Å². The van der Waals surface area contributed by atoms with Gasteiger partial charge in [0, 0.05) is 18.6 Å². The van der Waals surface area contributed by atoms with Crippen molar-refractivity contribution in [2.75, 3.05) is 26.2 Å². The number of hydrogen-bond donors (Lipinski definition) is 1. The van der Waals surface area contributed by atoms with Crippen molar-refractivity contribution in [2.24, 2.45) is 0 Å². The molecule has 2 rings (SSSR count). The predicted molar refractivity (Wildman–Crippen MR) is 80.6 cm³/mol. The summed E-state index contributed by atoms with van der Waals surface area (Å²) in [5.41, 5.74) is 0. The second-order valence-electron chi connectivity index (χ2n) is 6.22. The van der Waals surface area contributed by atoms with E-state index in [-0.39, 0.29) is 0 Å². The highest BCUT2D eigenvalue weighted by Crippen LogP contribution is 2.25. The number of hydrogen-bond acceptors (Lipinski definition) is 3. The first kappa shape index (κ1) is 15.3. The lowest BCUT2D eigenvalue weighted by Gasteiger charge is -2.39. The van der Waals surface area contributed by atoms with E-state index < -0.39 is 0 Å². The van der Waals surface area contributed by atoms with Gasteiger partial charge in [0.15, 0.2) is 0 Å². The van der Waals surface area contributed by atoms with Crippen LogP contribution in [0.3, 0.4) is 0 Å². The van der Waals surface area contributed by atoms with Gasteiger partial charge in [-0.1, -0.05) is 33.1 Å². The van der Waals surface area contributed by atoms with Crippen molar-refractivity contribution in [2.45, 2.75) is 77.0 Å². The first-order valence-corrected chi connectivity index (χ1v) is 8.44. The molecule has 0 aromatic carbocycles. The summed E-state index contributed by atoms with van der Waals surface area (Å²) in [7, 11) is 0. The van der Waals surface area contributed by atoms with Gasteiger partial charge in [0.25, 0.3) is 0 Å². The first-order chi connectivity index (χ1) is 9.35. The average Bonchev–Trinajstić information content (AvgIpc) is 2.90. The van der Waals surface area contributed by atoms with Crippen LogP contribution in [0.2, 0.25) is 0 Å². The maximum absolute atomic E-state index is 6.18. The van der Waals surface area contributed by atoms with Gasteiger partial charge < -0.3 is 10.1 Å². The molecule has 3 unspecified atom stereocenters. The van der Waals surface area contributed by atoms with Gasteiger partial charge >= 0.3 is 0 Å². The van der Waals surface area contributed by atoms with Gasteiger partial charge in [-0.25, -0.2) is 0 Å². The van der Waals surface area contributed by atoms with E-state index in [1.165, 1.54) is 51.5 Å². The lowest BCUT2D eigenvalue weighted by atomic mass is 10.0. The van der Waals surface area contributed by atoms with Crippen LogP contribution in [0.5, 0.6) is 0 Å². The topological polar surface area (TPSA) is 24.5 Å². The molecule has 112 valence electrons. The highest BCUT2D eigenvalue weighted by atomic mass is 16.5. The fourth-order valence-electron chi connectivity index (χ4n) is 3.45. The maximum atomic E-state index is 6.18. The largest absolute Gasteiger partial charge is 0.374 e. The molecule has 1 N–H and O–H groups in total. The van der Waals surface area contributed by atoms with Crippen LogP contribution in [0.1, 0.15) is 58.8 Å². The number of fused-ring (bicyclic) bond motifs is 1. The van der Waals surface area contributed by atoms with E-state index >= 15 is 0 Å². The molecule has 0 aliphatic carbocycles. The van der Waals surface area contributed by atoms with Gasteiger partial charge in [0.05, 0.1) is 12.7 Å². The molecule has 2 saturated heterocycles. The van der Waals surface area contributed by atoms with Gasteiger partial charge in [0.2, 0.25) is 0 Å². The summed E-state index contributed by atoms with van der Waals surface area (Å²) in [6.07, 6.45) is 9.60. The molecule has 0 aromatic heterocycles. The van der Waals surface area contributed by atoms with E-state index in [9.17, 15) is 0 Å². The summed E-state index contributed by atoms with van der Waals surface area (Å²) in [5.74, 6) is 0. The Morgan fingerprint density at radius 3 is 2.95 bits per heavy atom. The smallest absolute Gasteiger partial charge is 0.0855 e. The van der Waals surface area contributed by atoms with Crippen molar-refractivity contribution in [3.05, 3.63) is 0 Å². The summed E-state index contributed by atoms with van der Waals surface area (Å²) < 4.78 is 6.18. The van der Waals surface area contributed by atoms with E-state index in [2.05, 4.69) is 24.1 Å². The van der Waals surface area contributed by atoms with Crippen LogP contribution in [-0.4, -0.2) is 49.3 Å². The number of nitrogens with zero attached hydrogens (tertiary/aromatic N) is 1. The van der Waals surface area contributed by atoms with Crippen LogP contribution in [0, 0.1) is 0 Å². The standard InChI is InChI=1S/C16H32N2O/c1-3-5-6-9-15(17-10-4-2)16-12-18-11-7-8-14(18)13-19-16/h14-17H,3-13H2,1-2H3. The van der Waals surface area contributed by atoms with Crippen LogP contribution in [0.25, 0.3) is 0 Å². The molecule has 0 amide bonds. The van der Waals surface area contributed by atoms with Gasteiger partial charge in [-0.05, 0) is 38.8 Å². The first-order valence-electron chi connectivity index (χ1n) is 8.44. The Morgan fingerprint density at radius 1 is 1.26 bits per heavy atom. The van der Waals surface area contributed by atoms with Crippen LogP contribution >= 0.6 is 0 Å². The number of nitrogens with one attached hydrogen (secondary N) is 1. The van der Waals surface area contributed by atoms with E-state index in [1.807, 2.05) is 0 Å². The third kappa shape index (κ3) is 4.44. The number of rotatable bonds is 8. The summed E-state index contributed by atoms with van der Waals surface area (Å²) in [4.78, 5) is 2.66. The molecule has 0 radical (unpaired) electrons. The second-order valence-corrected chi connectivity index (χ2v) is 6.22. The van der Waals surface area contributed by atoms with Crippen LogP contribution < -0.4 is 5.32 Å². The Morgan fingerprint density at radius 2 is 2.16 bits per heavy atom. The summed E-state index contributed by atoms with van der Waals surface area (Å²) in [5, 5.41) is 3.73. The maximum Gasteiger partial charge on any atom is 0.0855 e. The van der Waals surface area contributed by atoms with Crippen molar-refractivity contribution in [1.29, 1.82) is 0 Å². The van der Waals surface area contributed by atoms with Gasteiger partial charge in [-0.15, -0.1) is 0 Å². The minimum Gasteiger partial charge on any atom is -0.374 e. The molecule has 19 heavy (non-hydrogen) atoms. The highest BCUT2D eigenvalue weighted by Gasteiger charge is 2.35. The van der Waals surface area contributed by atoms with Gasteiger partial charge in [-0.3, -0.25) is 4.90 Å². The Labute approximate surface area is 119 Å². The molecular weight excluding hydrogens is 236 g/mol. The fraction of sp³-hybridized carbons (Fsp3) is 1.00. The number of unbranched alkanes of at least 4 members (excludes halogenated alkanes) is 2. The third-order valence-corrected chi connectivity index (χ3v) is 4.64. The van der Waals surface area contributed by atoms with Crippen molar-refractivity contribution >= 4 is 0 Å². The molecule has 3 atom stereocenters. The molecule has 2 aliphatic heterocycles. The van der Waals surface area contributed by atoms with Crippen molar-refractivity contribution < 1.29 is 4.74 Å². The average molecular weight is 268 g/mol. The normalized spacial score (nSPS) is 29.4. The van der Waals surface area contributed by atoms with E-state index in [1.54, 1.807) is 0 Å². The molecule has 2 aliphatic rings. The summed E-state index contributed by atoms with van der Waals surface area (Å²) >= 11 is 0. The Bertz CT molecular complexity index is 247. The Kier molecular flexibility index (Phi) is 6.62. The quantitative estimate of drug-likeness (QED) is 0.685. The van der Waals surface area contributed by atoms with Crippen LogP contribution in [-0.2, 0) is 4.74 Å². The lowest BCUT2D eigenvalue weighted by molar-refractivity contribution is -0.0658. The molecule has 2 heterocycles. The van der Waals surface area contributed by atoms with Crippen LogP contribution in [0.15, 0.2) is 0 Å². The monoisotopic (exact) mass is 268 g/mol. The SMILES string of the molecule is CCCCCC(NCCC)C1CN2CCCC2CO1. The summed E-state index contributed by atoms with van der Waals surface area (Å²) in [6.45, 7) is 9.05. The molecule has 0 aromatic rings. The minimum absolute atomic E-state index is 0.415. The molecule has 0 spiro atoms. The molecular formula is C16H32N2O. The van der Waals surface area contributed by atoms with Crippen molar-refractivity contribution in [1.82, 2.24) is 10.2 Å². The summed E-state index contributed by atoms with van der Waals surface area (Å²) in [6, 6.07) is 1.28. The molecule has 2 fully saturated rings. The van der Waals surface area contributed by atoms with Crippen LogP contribution in [0.4, 0.5) is 0 Å². The lowest BCUT2D eigenvalue weighted by Crippen LogP contribution is -2.54. The van der Waals surface area contributed by atoms with Crippen molar-refractivity contribution in [3.8, 4) is 0 Å². The zero-order chi connectivity index (χ0) is 13.5. The number of ether oxygens (including phenoxy) is 1. The second kappa shape index (κ2) is 8.23. The van der Waals surface area contributed by atoms with E-state index in [0.717, 1.165) is 25.7 Å². The molecule has 3 nitrogen and oxygen atoms in total. The van der Waals surface area contributed by atoms with Crippen molar-refractivity contribution in [3.63, 3.8) is 0 Å². The molecule has 0 saturated carbocycles. The predicted octanol–water partition coefficient (Wildman–Crippen LogP) is 2.80. The number of morpholine rings is 1. The zero-order valence-electron chi connectivity index (χ0n) is 12.9. The van der Waals surface area contributed by atoms with E-state index in [0.29, 0.717) is 12.1 Å². The molecule has 0 bridgehead atoms.